The van der Waals surface area contributed by atoms with E-state index in [9.17, 15) is 4.79 Å². The number of piperazine rings is 1. The molecular formula is C31H35ClN6O2. The zero-order valence-corrected chi connectivity index (χ0v) is 23.3. The normalized spacial score (nSPS) is 20.0. The van der Waals surface area contributed by atoms with Crippen molar-refractivity contribution in [2.45, 2.75) is 38.3 Å². The molecule has 1 amide bonds. The number of nitrogens with zero attached hydrogens (tertiary/aromatic N) is 4. The summed E-state index contributed by atoms with van der Waals surface area (Å²) in [6, 6.07) is 18.3. The predicted molar refractivity (Wildman–Crippen MR) is 158 cm³/mol. The summed E-state index contributed by atoms with van der Waals surface area (Å²) in [5.74, 6) is 1.22. The van der Waals surface area contributed by atoms with Crippen molar-refractivity contribution < 1.29 is 9.53 Å². The monoisotopic (exact) mass is 558 g/mol. The van der Waals surface area contributed by atoms with Crippen LogP contribution < -0.4 is 5.32 Å². The fourth-order valence-electron chi connectivity index (χ4n) is 5.95. The summed E-state index contributed by atoms with van der Waals surface area (Å²) < 4.78 is 5.52. The number of benzene rings is 2. The molecule has 2 aromatic heterocycles. The van der Waals surface area contributed by atoms with Crippen LogP contribution in [0.2, 0.25) is 5.02 Å². The first-order chi connectivity index (χ1) is 19.6. The van der Waals surface area contributed by atoms with E-state index in [1.165, 1.54) is 12.8 Å². The van der Waals surface area contributed by atoms with Crippen molar-refractivity contribution in [2.24, 2.45) is 5.92 Å². The zero-order chi connectivity index (χ0) is 27.3. The second-order valence-corrected chi connectivity index (χ2v) is 11.2. The van der Waals surface area contributed by atoms with Gasteiger partial charge in [0.15, 0.2) is 0 Å². The van der Waals surface area contributed by atoms with Gasteiger partial charge in [-0.15, -0.1) is 0 Å². The van der Waals surface area contributed by atoms with E-state index < -0.39 is 0 Å². The highest BCUT2D eigenvalue weighted by molar-refractivity contribution is 6.33. The molecule has 1 aliphatic heterocycles. The second kappa shape index (κ2) is 12.3. The average Bonchev–Trinajstić information content (AvgIpc) is 3.42. The Labute approximate surface area is 239 Å². The first-order valence-corrected chi connectivity index (χ1v) is 14.5. The Morgan fingerprint density at radius 3 is 2.70 bits per heavy atom. The maximum atomic E-state index is 12.5. The number of rotatable bonds is 7. The van der Waals surface area contributed by atoms with Crippen molar-refractivity contribution in [3.8, 4) is 11.3 Å². The number of ether oxygens (including phenoxy) is 1. The van der Waals surface area contributed by atoms with Gasteiger partial charge in [-0.1, -0.05) is 66.6 Å². The van der Waals surface area contributed by atoms with Gasteiger partial charge in [0.25, 0.3) is 0 Å². The Hall–Kier alpha value is -3.62. The lowest BCUT2D eigenvalue weighted by molar-refractivity contribution is 0.0656. The molecular weight excluding hydrogens is 524 g/mol. The Balaban J connectivity index is 1.00. The highest BCUT2D eigenvalue weighted by atomic mass is 35.5. The minimum atomic E-state index is -0.222. The summed E-state index contributed by atoms with van der Waals surface area (Å²) in [4.78, 5) is 29.5. The number of hydrogen-bond donors (Lipinski definition) is 2. The molecule has 1 saturated carbocycles. The summed E-state index contributed by atoms with van der Waals surface area (Å²) in [5, 5.41) is 5.23. The molecule has 2 aromatic carbocycles. The number of amides is 1. The van der Waals surface area contributed by atoms with Crippen molar-refractivity contribution in [3.05, 3.63) is 77.6 Å². The standard InChI is InChI=1S/C31H35ClN6O2/c32-27-19-34-30(36-29(27)26-18-33-28-12-5-4-11-25(26)28)35-24-10-6-9-23(17-24)20-37-13-15-38(16-14-37)31(39)40-21-22-7-2-1-3-8-22/h1-5,7-8,11-12,18-19,23-24,33H,6,9-10,13-17,20-21H2,(H,34,35,36)/t23-,24+/m0/s1. The fraction of sp³-hybridized carbons (Fsp3) is 0.387. The lowest BCUT2D eigenvalue weighted by Crippen LogP contribution is -2.50. The molecule has 6 rings (SSSR count). The third-order valence-electron chi connectivity index (χ3n) is 8.06. The number of para-hydroxylation sites is 1. The van der Waals surface area contributed by atoms with Crippen molar-refractivity contribution in [1.29, 1.82) is 0 Å². The predicted octanol–water partition coefficient (Wildman–Crippen LogP) is 6.20. The maximum Gasteiger partial charge on any atom is 0.410 e. The van der Waals surface area contributed by atoms with Crippen LogP contribution in [0.5, 0.6) is 0 Å². The van der Waals surface area contributed by atoms with Crippen LogP contribution in [0.1, 0.15) is 31.2 Å². The van der Waals surface area contributed by atoms with Crippen molar-refractivity contribution >= 4 is 34.5 Å². The Morgan fingerprint density at radius 2 is 1.85 bits per heavy atom. The molecule has 8 nitrogen and oxygen atoms in total. The van der Waals surface area contributed by atoms with E-state index in [2.05, 4.69) is 26.3 Å². The third kappa shape index (κ3) is 6.24. The third-order valence-corrected chi connectivity index (χ3v) is 8.33. The number of aromatic amines is 1. The van der Waals surface area contributed by atoms with Gasteiger partial charge in [0.2, 0.25) is 5.95 Å². The van der Waals surface area contributed by atoms with E-state index in [-0.39, 0.29) is 6.09 Å². The summed E-state index contributed by atoms with van der Waals surface area (Å²) in [6.45, 7) is 4.53. The molecule has 3 heterocycles. The van der Waals surface area contributed by atoms with Gasteiger partial charge in [0, 0.05) is 61.4 Å². The summed E-state index contributed by atoms with van der Waals surface area (Å²) in [5.41, 5.74) is 3.79. The summed E-state index contributed by atoms with van der Waals surface area (Å²) >= 11 is 6.53. The molecule has 0 unspecified atom stereocenters. The fourth-order valence-corrected chi connectivity index (χ4v) is 6.15. The highest BCUT2D eigenvalue weighted by Crippen LogP contribution is 2.33. The van der Waals surface area contributed by atoms with E-state index in [4.69, 9.17) is 21.3 Å². The number of aromatic nitrogens is 3. The summed E-state index contributed by atoms with van der Waals surface area (Å²) in [6.07, 6.45) is 8.01. The van der Waals surface area contributed by atoms with Crippen LogP contribution in [-0.2, 0) is 11.3 Å². The Kier molecular flexibility index (Phi) is 8.16. The number of carbonyl (C=O) groups is 1. The Bertz CT molecular complexity index is 1440. The molecule has 2 fully saturated rings. The van der Waals surface area contributed by atoms with Crippen molar-refractivity contribution in [1.82, 2.24) is 24.8 Å². The minimum Gasteiger partial charge on any atom is -0.445 e. The van der Waals surface area contributed by atoms with Crippen molar-refractivity contribution in [2.75, 3.05) is 38.0 Å². The van der Waals surface area contributed by atoms with Crippen LogP contribution in [0, 0.1) is 5.92 Å². The molecule has 9 heteroatoms. The average molecular weight is 559 g/mol. The Morgan fingerprint density at radius 1 is 1.05 bits per heavy atom. The smallest absolute Gasteiger partial charge is 0.410 e. The lowest BCUT2D eigenvalue weighted by Gasteiger charge is -2.38. The number of hydrogen-bond acceptors (Lipinski definition) is 6. The number of H-pyrrole nitrogens is 1. The van der Waals surface area contributed by atoms with Crippen LogP contribution >= 0.6 is 11.6 Å². The van der Waals surface area contributed by atoms with E-state index in [0.717, 1.165) is 60.2 Å². The van der Waals surface area contributed by atoms with Gasteiger partial charge in [-0.3, -0.25) is 4.90 Å². The number of carbonyl (C=O) groups excluding carboxylic acids is 1. The SMILES string of the molecule is O=C(OCc1ccccc1)N1CCN(C[C@H]2CCC[C@@H](Nc3ncc(Cl)c(-c4c[nH]c5ccccc45)n3)C2)CC1. The van der Waals surface area contributed by atoms with Gasteiger partial charge in [-0.2, -0.15) is 0 Å². The van der Waals surface area contributed by atoms with Gasteiger partial charge in [0.05, 0.1) is 16.9 Å². The molecule has 2 aliphatic rings. The van der Waals surface area contributed by atoms with Crippen LogP contribution in [0.4, 0.5) is 10.7 Å². The highest BCUT2D eigenvalue weighted by Gasteiger charge is 2.28. The molecule has 40 heavy (non-hydrogen) atoms. The van der Waals surface area contributed by atoms with E-state index in [0.29, 0.717) is 42.6 Å². The van der Waals surface area contributed by atoms with E-state index in [1.807, 2.05) is 59.6 Å². The molecule has 2 N–H and O–H groups in total. The number of fused-ring (bicyclic) bond motifs is 1. The van der Waals surface area contributed by atoms with Gasteiger partial charge in [-0.25, -0.2) is 14.8 Å². The molecule has 208 valence electrons. The quantitative estimate of drug-likeness (QED) is 0.281. The number of nitrogens with one attached hydrogen (secondary N) is 2. The molecule has 1 aliphatic carbocycles. The molecule has 0 radical (unpaired) electrons. The van der Waals surface area contributed by atoms with Crippen molar-refractivity contribution in [3.63, 3.8) is 0 Å². The molecule has 2 atom stereocenters. The second-order valence-electron chi connectivity index (χ2n) is 10.8. The zero-order valence-electron chi connectivity index (χ0n) is 22.6. The summed E-state index contributed by atoms with van der Waals surface area (Å²) in [7, 11) is 0. The van der Waals surface area contributed by atoms with Gasteiger partial charge in [-0.05, 0) is 36.8 Å². The van der Waals surface area contributed by atoms with Crippen LogP contribution in [0.15, 0.2) is 67.0 Å². The van der Waals surface area contributed by atoms with Crippen LogP contribution in [-0.4, -0.2) is 69.6 Å². The minimum absolute atomic E-state index is 0.222. The van der Waals surface area contributed by atoms with E-state index >= 15 is 0 Å². The molecule has 0 spiro atoms. The van der Waals surface area contributed by atoms with Gasteiger partial charge in [0.1, 0.15) is 6.61 Å². The number of anilines is 1. The maximum absolute atomic E-state index is 12.5. The van der Waals surface area contributed by atoms with Gasteiger partial charge >= 0.3 is 6.09 Å². The first-order valence-electron chi connectivity index (χ1n) is 14.2. The number of halogens is 1. The lowest BCUT2D eigenvalue weighted by atomic mass is 9.85. The van der Waals surface area contributed by atoms with E-state index in [1.54, 1.807) is 6.20 Å². The topological polar surface area (TPSA) is 86.4 Å². The van der Waals surface area contributed by atoms with Crippen LogP contribution in [0.25, 0.3) is 22.2 Å². The van der Waals surface area contributed by atoms with Crippen LogP contribution in [0.3, 0.4) is 0 Å². The first kappa shape index (κ1) is 26.6. The molecule has 0 bridgehead atoms. The van der Waals surface area contributed by atoms with Gasteiger partial charge < -0.3 is 19.9 Å². The molecule has 4 aromatic rings. The molecule has 1 saturated heterocycles. The largest absolute Gasteiger partial charge is 0.445 e.